The number of nitrogens with zero attached hydrogens (tertiary/aromatic N) is 1. The lowest BCUT2D eigenvalue weighted by Gasteiger charge is -2.10. The van der Waals surface area contributed by atoms with E-state index in [-0.39, 0.29) is 11.3 Å². The van der Waals surface area contributed by atoms with Gasteiger partial charge >= 0.3 is 5.97 Å². The average molecular weight is 491 g/mol. The van der Waals surface area contributed by atoms with Gasteiger partial charge in [0.05, 0.1) is 12.7 Å². The number of hydrogen-bond acceptors (Lipinski definition) is 5. The number of benzene rings is 3. The number of ether oxygens (including phenoxy) is 2. The lowest BCUT2D eigenvalue weighted by molar-refractivity contribution is -0.117. The van der Waals surface area contributed by atoms with Gasteiger partial charge in [0.2, 0.25) is 0 Å². The van der Waals surface area contributed by atoms with Gasteiger partial charge in [-0.1, -0.05) is 52.3 Å². The van der Waals surface area contributed by atoms with Gasteiger partial charge in [-0.15, -0.1) is 0 Å². The number of rotatable bonds is 7. The van der Waals surface area contributed by atoms with E-state index in [1.165, 1.54) is 13.2 Å². The number of methoxy groups -OCH3 is 1. The SMILES string of the molecule is COc1cc(/C=C(\C#N)C(=O)NCc2ccccc2)ccc1OC(=O)c1ccc(Br)cc1. The summed E-state index contributed by atoms with van der Waals surface area (Å²) in [6.45, 7) is 0.312. The molecule has 1 amide bonds. The quantitative estimate of drug-likeness (QED) is 0.220. The molecule has 6 nitrogen and oxygen atoms in total. The average Bonchev–Trinajstić information content (AvgIpc) is 2.82. The summed E-state index contributed by atoms with van der Waals surface area (Å²) >= 11 is 3.32. The van der Waals surface area contributed by atoms with Crippen molar-refractivity contribution in [3.63, 3.8) is 0 Å². The molecule has 3 aromatic rings. The Morgan fingerprint density at radius 1 is 1.03 bits per heavy atom. The normalized spacial score (nSPS) is 10.7. The van der Waals surface area contributed by atoms with E-state index in [1.807, 2.05) is 36.4 Å². The molecule has 7 heteroatoms. The predicted molar refractivity (Wildman–Crippen MR) is 124 cm³/mol. The molecule has 160 valence electrons. The van der Waals surface area contributed by atoms with Crippen molar-refractivity contribution in [1.29, 1.82) is 5.26 Å². The van der Waals surface area contributed by atoms with Crippen LogP contribution in [0.4, 0.5) is 0 Å². The first-order valence-electron chi connectivity index (χ1n) is 9.60. The Kier molecular flexibility index (Phi) is 7.79. The molecule has 3 rings (SSSR count). The molecule has 0 saturated carbocycles. The maximum Gasteiger partial charge on any atom is 0.343 e. The van der Waals surface area contributed by atoms with Gasteiger partial charge in [0, 0.05) is 11.0 Å². The molecule has 0 spiro atoms. The van der Waals surface area contributed by atoms with Crippen molar-refractivity contribution in [3.05, 3.63) is 99.5 Å². The smallest absolute Gasteiger partial charge is 0.343 e. The molecule has 32 heavy (non-hydrogen) atoms. The second-order valence-electron chi connectivity index (χ2n) is 6.64. The van der Waals surface area contributed by atoms with Gasteiger partial charge in [-0.2, -0.15) is 5.26 Å². The summed E-state index contributed by atoms with van der Waals surface area (Å²) in [5.74, 6) is -0.492. The predicted octanol–water partition coefficient (Wildman–Crippen LogP) is 4.90. The first-order valence-corrected chi connectivity index (χ1v) is 10.4. The van der Waals surface area contributed by atoms with Gasteiger partial charge in [0.25, 0.3) is 5.91 Å². The van der Waals surface area contributed by atoms with Crippen molar-refractivity contribution in [1.82, 2.24) is 5.32 Å². The third-order valence-electron chi connectivity index (χ3n) is 4.44. The van der Waals surface area contributed by atoms with E-state index in [1.54, 1.807) is 42.5 Å². The Morgan fingerprint density at radius 3 is 2.41 bits per heavy atom. The minimum atomic E-state index is -0.530. The summed E-state index contributed by atoms with van der Waals surface area (Å²) in [6, 6.07) is 22.9. The second kappa shape index (κ2) is 10.9. The van der Waals surface area contributed by atoms with E-state index in [9.17, 15) is 14.9 Å². The van der Waals surface area contributed by atoms with Crippen LogP contribution in [-0.4, -0.2) is 19.0 Å². The van der Waals surface area contributed by atoms with E-state index < -0.39 is 11.9 Å². The van der Waals surface area contributed by atoms with Gasteiger partial charge in [-0.05, 0) is 53.6 Å². The van der Waals surface area contributed by atoms with Crippen molar-refractivity contribution in [2.45, 2.75) is 6.54 Å². The van der Waals surface area contributed by atoms with Crippen LogP contribution in [0.5, 0.6) is 11.5 Å². The van der Waals surface area contributed by atoms with Crippen molar-refractivity contribution in [3.8, 4) is 17.6 Å². The van der Waals surface area contributed by atoms with Crippen molar-refractivity contribution >= 4 is 33.9 Å². The van der Waals surface area contributed by atoms with Gasteiger partial charge in [0.15, 0.2) is 11.5 Å². The van der Waals surface area contributed by atoms with E-state index in [4.69, 9.17) is 9.47 Å². The highest BCUT2D eigenvalue weighted by Gasteiger charge is 2.14. The van der Waals surface area contributed by atoms with Crippen molar-refractivity contribution < 1.29 is 19.1 Å². The van der Waals surface area contributed by atoms with Crippen LogP contribution in [-0.2, 0) is 11.3 Å². The van der Waals surface area contributed by atoms with Crippen LogP contribution < -0.4 is 14.8 Å². The van der Waals surface area contributed by atoms with Crippen LogP contribution in [0.1, 0.15) is 21.5 Å². The lowest BCUT2D eigenvalue weighted by atomic mass is 10.1. The van der Waals surface area contributed by atoms with E-state index in [2.05, 4.69) is 21.2 Å². The highest BCUT2D eigenvalue weighted by atomic mass is 79.9. The first kappa shape index (κ1) is 22.8. The van der Waals surface area contributed by atoms with Gasteiger partial charge in [-0.3, -0.25) is 4.79 Å². The Bertz CT molecular complexity index is 1180. The molecule has 0 saturated heterocycles. The summed E-state index contributed by atoms with van der Waals surface area (Å²) < 4.78 is 11.6. The molecule has 0 atom stereocenters. The Balaban J connectivity index is 1.73. The highest BCUT2D eigenvalue weighted by molar-refractivity contribution is 9.10. The van der Waals surface area contributed by atoms with Crippen LogP contribution in [0.3, 0.4) is 0 Å². The minimum Gasteiger partial charge on any atom is -0.493 e. The lowest BCUT2D eigenvalue weighted by Crippen LogP contribution is -2.23. The summed E-state index contributed by atoms with van der Waals surface area (Å²) in [5.41, 5.74) is 1.82. The molecule has 0 bridgehead atoms. The number of nitriles is 1. The zero-order chi connectivity index (χ0) is 22.9. The zero-order valence-corrected chi connectivity index (χ0v) is 18.8. The van der Waals surface area contributed by atoms with Crippen LogP contribution in [0.2, 0.25) is 0 Å². The number of esters is 1. The molecule has 1 N–H and O–H groups in total. The van der Waals surface area contributed by atoms with Crippen LogP contribution >= 0.6 is 15.9 Å². The summed E-state index contributed by atoms with van der Waals surface area (Å²) in [5, 5.41) is 12.1. The largest absolute Gasteiger partial charge is 0.493 e. The molecule has 0 aliphatic carbocycles. The van der Waals surface area contributed by atoms with Gasteiger partial charge in [0.1, 0.15) is 11.6 Å². The molecule has 0 aromatic heterocycles. The first-order chi connectivity index (χ1) is 15.5. The van der Waals surface area contributed by atoms with E-state index >= 15 is 0 Å². The van der Waals surface area contributed by atoms with Gasteiger partial charge < -0.3 is 14.8 Å². The number of carbonyl (C=O) groups is 2. The fourth-order valence-corrected chi connectivity index (χ4v) is 3.06. The van der Waals surface area contributed by atoms with Crippen molar-refractivity contribution in [2.24, 2.45) is 0 Å². The van der Waals surface area contributed by atoms with Crippen LogP contribution in [0.25, 0.3) is 6.08 Å². The Hall–Kier alpha value is -3.89. The Labute approximate surface area is 194 Å². The Morgan fingerprint density at radius 2 is 1.75 bits per heavy atom. The molecule has 0 fully saturated rings. The molecule has 0 aliphatic heterocycles. The topological polar surface area (TPSA) is 88.4 Å². The number of amides is 1. The standard InChI is InChI=1S/C25H19BrN2O4/c1-31-23-14-18(7-12-22(23)32-25(30)19-8-10-21(26)11-9-19)13-20(15-27)24(29)28-16-17-5-3-2-4-6-17/h2-14H,16H2,1H3,(H,28,29)/b20-13+. The maximum absolute atomic E-state index is 12.4. The monoisotopic (exact) mass is 490 g/mol. The minimum absolute atomic E-state index is 0.0532. The number of nitrogens with one attached hydrogen (secondary N) is 1. The summed E-state index contributed by atoms with van der Waals surface area (Å²) in [4.78, 5) is 24.8. The third kappa shape index (κ3) is 6.06. The van der Waals surface area contributed by atoms with Crippen molar-refractivity contribution in [2.75, 3.05) is 7.11 Å². The molecule has 3 aromatic carbocycles. The molecular formula is C25H19BrN2O4. The van der Waals surface area contributed by atoms with Crippen LogP contribution in [0, 0.1) is 11.3 Å². The highest BCUT2D eigenvalue weighted by Crippen LogP contribution is 2.30. The molecular weight excluding hydrogens is 472 g/mol. The molecule has 0 heterocycles. The number of hydrogen-bond donors (Lipinski definition) is 1. The van der Waals surface area contributed by atoms with Gasteiger partial charge in [-0.25, -0.2) is 4.79 Å². The van der Waals surface area contributed by atoms with E-state index in [0.29, 0.717) is 23.4 Å². The second-order valence-corrected chi connectivity index (χ2v) is 7.56. The molecule has 0 unspecified atom stereocenters. The summed E-state index contributed by atoms with van der Waals surface area (Å²) in [7, 11) is 1.44. The molecule has 0 aliphatic rings. The fraction of sp³-hybridized carbons (Fsp3) is 0.0800. The fourth-order valence-electron chi connectivity index (χ4n) is 2.79. The number of halogens is 1. The zero-order valence-electron chi connectivity index (χ0n) is 17.2. The van der Waals surface area contributed by atoms with E-state index in [0.717, 1.165) is 10.0 Å². The number of carbonyl (C=O) groups excluding carboxylic acids is 2. The summed E-state index contributed by atoms with van der Waals surface area (Å²) in [6.07, 6.45) is 1.45. The molecule has 0 radical (unpaired) electrons. The maximum atomic E-state index is 12.4. The van der Waals surface area contributed by atoms with Crippen LogP contribution in [0.15, 0.2) is 82.8 Å². The third-order valence-corrected chi connectivity index (χ3v) is 4.97.